The monoisotopic (exact) mass is 301 g/mol. The van der Waals surface area contributed by atoms with E-state index in [0.717, 1.165) is 17.3 Å². The van der Waals surface area contributed by atoms with Gasteiger partial charge in [-0.05, 0) is 19.1 Å². The highest BCUT2D eigenvalue weighted by Gasteiger charge is 2.15. The van der Waals surface area contributed by atoms with Gasteiger partial charge in [0.2, 0.25) is 0 Å². The van der Waals surface area contributed by atoms with E-state index in [9.17, 15) is 15.2 Å². The van der Waals surface area contributed by atoms with Gasteiger partial charge in [0.25, 0.3) is 5.69 Å². The van der Waals surface area contributed by atoms with Gasteiger partial charge in [0, 0.05) is 11.6 Å². The second-order valence-electron chi connectivity index (χ2n) is 4.58. The Hall–Kier alpha value is -3.09. The zero-order valence-electron chi connectivity index (χ0n) is 12.1. The molecule has 0 aliphatic rings. The molecule has 22 heavy (non-hydrogen) atoms. The third-order valence-electron chi connectivity index (χ3n) is 2.97. The van der Waals surface area contributed by atoms with Crippen molar-refractivity contribution in [3.05, 3.63) is 57.6 Å². The predicted octanol–water partition coefficient (Wildman–Crippen LogP) is 3.06. The van der Waals surface area contributed by atoms with Crippen LogP contribution in [-0.2, 0) is 0 Å². The number of nitrogens with one attached hydrogen (secondary N) is 1. The normalized spacial score (nSPS) is 10.6. The van der Waals surface area contributed by atoms with Crippen LogP contribution in [0.4, 0.5) is 11.4 Å². The van der Waals surface area contributed by atoms with Gasteiger partial charge in [-0.15, -0.1) is 0 Å². The summed E-state index contributed by atoms with van der Waals surface area (Å²) in [4.78, 5) is 10.3. The summed E-state index contributed by atoms with van der Waals surface area (Å²) >= 11 is 0. The molecule has 0 aliphatic carbocycles. The number of methoxy groups -OCH3 is 1. The van der Waals surface area contributed by atoms with Crippen LogP contribution in [0, 0.1) is 17.0 Å². The number of hydrogen-bond donors (Lipinski definition) is 2. The molecule has 0 atom stereocenters. The second kappa shape index (κ2) is 6.57. The molecule has 2 aromatic carbocycles. The van der Waals surface area contributed by atoms with Crippen molar-refractivity contribution in [2.45, 2.75) is 6.92 Å². The molecular weight excluding hydrogens is 286 g/mol. The largest absolute Gasteiger partial charge is 0.504 e. The number of rotatable bonds is 5. The number of hydrazone groups is 1. The summed E-state index contributed by atoms with van der Waals surface area (Å²) in [5, 5.41) is 24.8. The number of phenolic OH excluding ortho intramolecular Hbond substituents is 1. The van der Waals surface area contributed by atoms with Gasteiger partial charge in [0.1, 0.15) is 0 Å². The van der Waals surface area contributed by atoms with E-state index in [-0.39, 0.29) is 22.7 Å². The number of benzene rings is 2. The van der Waals surface area contributed by atoms with Crippen molar-refractivity contribution in [3.8, 4) is 11.5 Å². The Morgan fingerprint density at radius 2 is 2.00 bits per heavy atom. The fraction of sp³-hybridized carbons (Fsp3) is 0.133. The number of ether oxygens (including phenoxy) is 1. The van der Waals surface area contributed by atoms with Crippen LogP contribution in [0.3, 0.4) is 0 Å². The first-order valence-corrected chi connectivity index (χ1v) is 6.42. The number of aryl methyl sites for hydroxylation is 1. The van der Waals surface area contributed by atoms with Crippen molar-refractivity contribution in [1.82, 2.24) is 0 Å². The lowest BCUT2D eigenvalue weighted by molar-refractivity contribution is -0.385. The molecule has 0 bridgehead atoms. The molecule has 0 aliphatic heterocycles. The Balaban J connectivity index is 2.24. The Bertz CT molecular complexity index is 711. The molecule has 2 aromatic rings. The number of anilines is 1. The lowest BCUT2D eigenvalue weighted by Gasteiger charge is -2.06. The molecular formula is C15H15N3O4. The van der Waals surface area contributed by atoms with Gasteiger partial charge >= 0.3 is 0 Å². The number of nitro benzene ring substituents is 1. The van der Waals surface area contributed by atoms with Crippen molar-refractivity contribution in [1.29, 1.82) is 0 Å². The third-order valence-corrected chi connectivity index (χ3v) is 2.97. The zero-order valence-corrected chi connectivity index (χ0v) is 12.1. The van der Waals surface area contributed by atoms with E-state index < -0.39 is 4.92 Å². The van der Waals surface area contributed by atoms with Crippen molar-refractivity contribution in [2.24, 2.45) is 5.10 Å². The van der Waals surface area contributed by atoms with Crippen LogP contribution in [0.15, 0.2) is 41.5 Å². The Kier molecular flexibility index (Phi) is 4.57. The topological polar surface area (TPSA) is 97.0 Å². The Labute approximate surface area is 127 Å². The summed E-state index contributed by atoms with van der Waals surface area (Å²) in [5.41, 5.74) is 4.66. The minimum absolute atomic E-state index is 0.0194. The van der Waals surface area contributed by atoms with Gasteiger partial charge in [0.15, 0.2) is 11.5 Å². The summed E-state index contributed by atoms with van der Waals surface area (Å²) in [6.45, 7) is 1.97. The second-order valence-corrected chi connectivity index (χ2v) is 4.58. The van der Waals surface area contributed by atoms with Crippen molar-refractivity contribution >= 4 is 17.6 Å². The lowest BCUT2D eigenvalue weighted by atomic mass is 10.2. The summed E-state index contributed by atoms with van der Waals surface area (Å²) in [5.74, 6) is -0.187. The van der Waals surface area contributed by atoms with Crippen molar-refractivity contribution < 1.29 is 14.8 Å². The van der Waals surface area contributed by atoms with Crippen LogP contribution < -0.4 is 10.2 Å². The molecule has 0 saturated carbocycles. The highest BCUT2D eigenvalue weighted by Crippen LogP contribution is 2.33. The summed E-state index contributed by atoms with van der Waals surface area (Å²) in [7, 11) is 1.32. The standard InChI is InChI=1S/C15H15N3O4/c1-10-3-5-12(6-4-10)17-16-9-11-7-13(18(20)21)8-14(22-2)15(11)19/h3-9,17,19H,1-2H3. The molecule has 0 aromatic heterocycles. The Morgan fingerprint density at radius 3 is 2.59 bits per heavy atom. The fourth-order valence-corrected chi connectivity index (χ4v) is 1.78. The lowest BCUT2D eigenvalue weighted by Crippen LogP contribution is -1.96. The fourth-order valence-electron chi connectivity index (χ4n) is 1.78. The van der Waals surface area contributed by atoms with E-state index in [1.807, 2.05) is 31.2 Å². The molecule has 0 heterocycles. The van der Waals surface area contributed by atoms with E-state index in [1.54, 1.807) is 0 Å². The number of phenols is 1. The molecule has 7 nitrogen and oxygen atoms in total. The minimum Gasteiger partial charge on any atom is -0.504 e. The van der Waals surface area contributed by atoms with Gasteiger partial charge < -0.3 is 9.84 Å². The maximum Gasteiger partial charge on any atom is 0.274 e. The quantitative estimate of drug-likeness (QED) is 0.502. The molecule has 0 amide bonds. The third kappa shape index (κ3) is 3.51. The van der Waals surface area contributed by atoms with E-state index in [0.29, 0.717) is 0 Å². The molecule has 2 N–H and O–H groups in total. The van der Waals surface area contributed by atoms with Crippen LogP contribution in [0.2, 0.25) is 0 Å². The van der Waals surface area contributed by atoms with E-state index in [2.05, 4.69) is 10.5 Å². The van der Waals surface area contributed by atoms with Crippen molar-refractivity contribution in [2.75, 3.05) is 12.5 Å². The maximum absolute atomic E-state index is 10.9. The van der Waals surface area contributed by atoms with E-state index in [1.165, 1.54) is 19.4 Å². The average Bonchev–Trinajstić information content (AvgIpc) is 2.50. The van der Waals surface area contributed by atoms with E-state index >= 15 is 0 Å². The first-order valence-electron chi connectivity index (χ1n) is 6.42. The summed E-state index contributed by atoms with van der Waals surface area (Å²) in [6, 6.07) is 9.91. The minimum atomic E-state index is -0.563. The zero-order chi connectivity index (χ0) is 16.1. The van der Waals surface area contributed by atoms with Gasteiger partial charge in [0.05, 0.1) is 30.0 Å². The van der Waals surface area contributed by atoms with Crippen molar-refractivity contribution in [3.63, 3.8) is 0 Å². The summed E-state index contributed by atoms with van der Waals surface area (Å²) < 4.78 is 4.92. The molecule has 0 radical (unpaired) electrons. The number of hydrogen-bond acceptors (Lipinski definition) is 6. The number of non-ortho nitro benzene ring substituents is 1. The molecule has 0 spiro atoms. The first kappa shape index (κ1) is 15.3. The maximum atomic E-state index is 10.9. The summed E-state index contributed by atoms with van der Waals surface area (Å²) in [6.07, 6.45) is 1.30. The van der Waals surface area contributed by atoms with Gasteiger partial charge in [-0.25, -0.2) is 0 Å². The number of nitro groups is 1. The van der Waals surface area contributed by atoms with Gasteiger partial charge in [-0.3, -0.25) is 15.5 Å². The first-order chi connectivity index (χ1) is 10.5. The average molecular weight is 301 g/mol. The molecule has 0 unspecified atom stereocenters. The highest BCUT2D eigenvalue weighted by atomic mass is 16.6. The molecule has 0 fully saturated rings. The van der Waals surface area contributed by atoms with Crippen LogP contribution >= 0.6 is 0 Å². The molecule has 114 valence electrons. The number of nitrogens with zero attached hydrogens (tertiary/aromatic N) is 2. The van der Waals surface area contributed by atoms with Crippen LogP contribution in [0.25, 0.3) is 0 Å². The van der Waals surface area contributed by atoms with Gasteiger partial charge in [-0.1, -0.05) is 17.7 Å². The van der Waals surface area contributed by atoms with Gasteiger partial charge in [-0.2, -0.15) is 5.10 Å². The van der Waals surface area contributed by atoms with Crippen LogP contribution in [0.5, 0.6) is 11.5 Å². The highest BCUT2D eigenvalue weighted by molar-refractivity contribution is 5.86. The smallest absolute Gasteiger partial charge is 0.274 e. The SMILES string of the molecule is COc1cc([N+](=O)[O-])cc(C=NNc2ccc(C)cc2)c1O. The van der Waals surface area contributed by atoms with E-state index in [4.69, 9.17) is 4.74 Å². The Morgan fingerprint density at radius 1 is 1.32 bits per heavy atom. The molecule has 0 saturated heterocycles. The number of aromatic hydroxyl groups is 1. The van der Waals surface area contributed by atoms with Crippen LogP contribution in [-0.4, -0.2) is 23.4 Å². The molecule has 7 heteroatoms. The predicted molar refractivity (Wildman–Crippen MR) is 83.7 cm³/mol. The van der Waals surface area contributed by atoms with Crippen LogP contribution in [0.1, 0.15) is 11.1 Å². The molecule has 2 rings (SSSR count).